The lowest BCUT2D eigenvalue weighted by Crippen LogP contribution is -2.57. The van der Waals surface area contributed by atoms with Crippen molar-refractivity contribution in [2.45, 2.75) is 57.6 Å². The zero-order chi connectivity index (χ0) is 23.8. The Labute approximate surface area is 180 Å². The number of methoxy groups -OCH3 is 1. The molecule has 0 saturated heterocycles. The number of carbonyl (C=O) groups excluding carboxylic acids is 3. The highest BCUT2D eigenvalue weighted by Gasteiger charge is 2.46. The average Bonchev–Trinajstić information content (AvgIpc) is 2.63. The first-order valence-corrected chi connectivity index (χ1v) is 11.0. The topological polar surface area (TPSA) is 160 Å². The molecule has 174 valence electrons. The monoisotopic (exact) mass is 460 g/mol. The summed E-state index contributed by atoms with van der Waals surface area (Å²) in [6.45, 7) is 5.92. The summed E-state index contributed by atoms with van der Waals surface area (Å²) in [5.74, 6) is -1.12. The Hall–Kier alpha value is -2.62. The zero-order valence-corrected chi connectivity index (χ0v) is 18.9. The molecule has 0 aliphatic carbocycles. The van der Waals surface area contributed by atoms with Crippen LogP contribution in [-0.2, 0) is 30.2 Å². The number of hydrogen-bond donors (Lipinski definition) is 4. The van der Waals surface area contributed by atoms with Crippen molar-refractivity contribution in [2.75, 3.05) is 7.11 Å². The summed E-state index contributed by atoms with van der Waals surface area (Å²) in [6, 6.07) is 5.67. The van der Waals surface area contributed by atoms with E-state index in [1.54, 1.807) is 51.1 Å². The molecule has 0 aromatic heterocycles. The van der Waals surface area contributed by atoms with Crippen LogP contribution in [0.5, 0.6) is 0 Å². The second-order valence-corrected chi connectivity index (χ2v) is 9.50. The average molecular weight is 460 g/mol. The third-order valence-corrected chi connectivity index (χ3v) is 5.45. The maximum atomic E-state index is 12.2. The summed E-state index contributed by atoms with van der Waals surface area (Å²) < 4.78 is 26.8. The maximum Gasteiger partial charge on any atom is 0.408 e. The summed E-state index contributed by atoms with van der Waals surface area (Å²) in [4.78, 5) is 56.2. The molecule has 0 bridgehead atoms. The van der Waals surface area contributed by atoms with Crippen LogP contribution in [0.1, 0.15) is 33.3 Å². The molecule has 1 aromatic carbocycles. The third kappa shape index (κ3) is 9.37. The molecule has 0 aliphatic heterocycles. The van der Waals surface area contributed by atoms with Gasteiger partial charge in [0.15, 0.2) is 0 Å². The fourth-order valence-electron chi connectivity index (χ4n) is 2.66. The minimum atomic E-state index is -5.04. The van der Waals surface area contributed by atoms with Crippen LogP contribution in [0.15, 0.2) is 30.3 Å². The lowest BCUT2D eigenvalue weighted by Gasteiger charge is -2.31. The Bertz CT molecular complexity index is 804. The van der Waals surface area contributed by atoms with Crippen LogP contribution >= 0.6 is 7.60 Å². The van der Waals surface area contributed by atoms with E-state index in [1.165, 1.54) is 6.92 Å². The summed E-state index contributed by atoms with van der Waals surface area (Å²) in [5.41, 5.74) is -2.07. The third-order valence-electron chi connectivity index (χ3n) is 3.93. The van der Waals surface area contributed by atoms with Gasteiger partial charge in [-0.15, -0.1) is 0 Å². The van der Waals surface area contributed by atoms with Crippen LogP contribution in [0.25, 0.3) is 0 Å². The first kappa shape index (κ1) is 26.4. The molecule has 3 atom stereocenters. The van der Waals surface area contributed by atoms with Gasteiger partial charge in [0.25, 0.3) is 0 Å². The summed E-state index contributed by atoms with van der Waals surface area (Å²) >= 11 is 0. The lowest BCUT2D eigenvalue weighted by atomic mass is 10.1. The Kier molecular flexibility index (Phi) is 9.48. The molecule has 0 saturated carbocycles. The van der Waals surface area contributed by atoms with Crippen molar-refractivity contribution in [3.63, 3.8) is 0 Å². The van der Waals surface area contributed by atoms with Gasteiger partial charge in [-0.05, 0) is 33.3 Å². The second-order valence-electron chi connectivity index (χ2n) is 7.72. The molecular weight excluding hydrogens is 431 g/mol. The number of amides is 2. The molecular formula is C19H29N2O9P. The van der Waals surface area contributed by atoms with Crippen molar-refractivity contribution in [3.05, 3.63) is 35.9 Å². The van der Waals surface area contributed by atoms with E-state index in [0.29, 0.717) is 5.56 Å². The Morgan fingerprint density at radius 3 is 2.13 bits per heavy atom. The van der Waals surface area contributed by atoms with Gasteiger partial charge in [0.05, 0.1) is 7.11 Å². The van der Waals surface area contributed by atoms with E-state index >= 15 is 0 Å². The fourth-order valence-corrected chi connectivity index (χ4v) is 3.90. The quantitative estimate of drug-likeness (QED) is 0.258. The molecule has 11 nitrogen and oxygen atoms in total. The van der Waals surface area contributed by atoms with Gasteiger partial charge in [-0.1, -0.05) is 30.3 Å². The molecule has 1 rings (SSSR count). The normalized spacial score (nSPS) is 14.5. The number of ether oxygens (including phenoxy) is 3. The summed E-state index contributed by atoms with van der Waals surface area (Å²) in [7, 11) is -4.04. The molecule has 3 unspecified atom stereocenters. The first-order chi connectivity index (χ1) is 14.2. The molecule has 1 aromatic rings. The van der Waals surface area contributed by atoms with Gasteiger partial charge in [-0.25, -0.2) is 14.4 Å². The highest BCUT2D eigenvalue weighted by molar-refractivity contribution is 7.52. The number of rotatable bonds is 8. The van der Waals surface area contributed by atoms with Crippen LogP contribution in [0.2, 0.25) is 0 Å². The largest absolute Gasteiger partial charge is 0.467 e. The van der Waals surface area contributed by atoms with Crippen LogP contribution < -0.4 is 10.6 Å². The van der Waals surface area contributed by atoms with Crippen molar-refractivity contribution in [1.29, 1.82) is 0 Å². The van der Waals surface area contributed by atoms with Gasteiger partial charge < -0.3 is 34.6 Å². The highest BCUT2D eigenvalue weighted by Crippen LogP contribution is 2.45. The fraction of sp³-hybridized carbons (Fsp3) is 0.526. The zero-order valence-electron chi connectivity index (χ0n) is 18.0. The highest BCUT2D eigenvalue weighted by atomic mass is 31.2. The van der Waals surface area contributed by atoms with E-state index in [2.05, 4.69) is 15.4 Å². The smallest absolute Gasteiger partial charge is 0.408 e. The van der Waals surface area contributed by atoms with Crippen molar-refractivity contribution < 1.29 is 42.9 Å². The number of esters is 1. The van der Waals surface area contributed by atoms with Gasteiger partial charge in [0.2, 0.25) is 0 Å². The van der Waals surface area contributed by atoms with E-state index in [1.807, 2.05) is 0 Å². The van der Waals surface area contributed by atoms with Gasteiger partial charge in [0, 0.05) is 6.04 Å². The number of alkyl carbamates (subject to hydrolysis) is 2. The molecule has 0 radical (unpaired) electrons. The number of carbonyl (C=O) groups is 3. The van der Waals surface area contributed by atoms with E-state index in [0.717, 1.165) is 7.11 Å². The van der Waals surface area contributed by atoms with E-state index in [9.17, 15) is 28.7 Å². The summed E-state index contributed by atoms with van der Waals surface area (Å²) in [6.07, 6.45) is -2.05. The SMILES string of the molecule is COC(=O)C(NC(=O)OC(C)(C)C)C(C(C)NC(=O)OCc1ccccc1)P(=O)(O)O. The van der Waals surface area contributed by atoms with Gasteiger partial charge in [0.1, 0.15) is 23.9 Å². The molecule has 2 amide bonds. The maximum absolute atomic E-state index is 12.2. The van der Waals surface area contributed by atoms with Crippen molar-refractivity contribution in [1.82, 2.24) is 10.6 Å². The molecule has 0 aliphatic rings. The van der Waals surface area contributed by atoms with E-state index in [4.69, 9.17) is 9.47 Å². The van der Waals surface area contributed by atoms with Gasteiger partial charge >= 0.3 is 25.8 Å². The number of hydrogen-bond acceptors (Lipinski definition) is 7. The molecule has 12 heteroatoms. The predicted octanol–water partition coefficient (Wildman–Crippen LogP) is 1.91. The van der Waals surface area contributed by atoms with Crippen molar-refractivity contribution >= 4 is 25.8 Å². The Morgan fingerprint density at radius 1 is 1.06 bits per heavy atom. The first-order valence-electron chi connectivity index (χ1n) is 9.34. The van der Waals surface area contributed by atoms with E-state index < -0.39 is 49.1 Å². The molecule has 0 fully saturated rings. The lowest BCUT2D eigenvalue weighted by molar-refractivity contribution is -0.143. The predicted molar refractivity (Wildman–Crippen MR) is 110 cm³/mol. The van der Waals surface area contributed by atoms with Crippen LogP contribution in [0.3, 0.4) is 0 Å². The minimum absolute atomic E-state index is 0.0729. The molecule has 0 spiro atoms. The Balaban J connectivity index is 2.97. The van der Waals surface area contributed by atoms with E-state index in [-0.39, 0.29) is 6.61 Å². The van der Waals surface area contributed by atoms with Crippen molar-refractivity contribution in [2.24, 2.45) is 0 Å². The summed E-state index contributed by atoms with van der Waals surface area (Å²) in [5, 5.41) is 4.41. The molecule has 4 N–H and O–H groups in total. The van der Waals surface area contributed by atoms with Crippen molar-refractivity contribution in [3.8, 4) is 0 Å². The minimum Gasteiger partial charge on any atom is -0.467 e. The van der Waals surface area contributed by atoms with Gasteiger partial charge in [-0.3, -0.25) is 4.57 Å². The van der Waals surface area contributed by atoms with Gasteiger partial charge in [-0.2, -0.15) is 0 Å². The number of nitrogens with one attached hydrogen (secondary N) is 2. The molecule has 0 heterocycles. The Morgan fingerprint density at radius 2 is 1.65 bits per heavy atom. The van der Waals surface area contributed by atoms with Crippen LogP contribution in [0, 0.1) is 0 Å². The molecule has 31 heavy (non-hydrogen) atoms. The second kappa shape index (κ2) is 11.1. The standard InChI is InChI=1S/C19H29N2O9P/c1-12(20-17(23)29-11-13-9-7-6-8-10-13)15(31(25,26)27)14(16(22)28-5)21-18(24)30-19(2,3)4/h6-10,12,14-15H,11H2,1-5H3,(H,20,23)(H,21,24)(H2,25,26,27). The van der Waals surface area contributed by atoms with Crippen LogP contribution in [-0.4, -0.2) is 58.4 Å². The van der Waals surface area contributed by atoms with Crippen LogP contribution in [0.4, 0.5) is 9.59 Å². The number of benzene rings is 1.